The number of aromatic nitrogens is 1. The van der Waals surface area contributed by atoms with Gasteiger partial charge in [-0.25, -0.2) is 9.78 Å². The Bertz CT molecular complexity index is 939. The van der Waals surface area contributed by atoms with Crippen molar-refractivity contribution in [3.63, 3.8) is 0 Å². The first-order valence-corrected chi connectivity index (χ1v) is 8.80. The van der Waals surface area contributed by atoms with Crippen molar-refractivity contribution in [1.29, 1.82) is 0 Å². The second-order valence-electron chi connectivity index (χ2n) is 5.91. The van der Waals surface area contributed by atoms with Gasteiger partial charge in [-0.2, -0.15) is 0 Å². The first kappa shape index (κ1) is 17.9. The number of rotatable bonds is 6. The lowest BCUT2D eigenvalue weighted by molar-refractivity contribution is -0.130. The second-order valence-corrected chi connectivity index (χ2v) is 6.86. The molecule has 0 unspecified atom stereocenters. The third-order valence-corrected chi connectivity index (χ3v) is 4.82. The lowest BCUT2D eigenvalue weighted by Crippen LogP contribution is -2.27. The monoisotopic (exact) mass is 374 g/mol. The summed E-state index contributed by atoms with van der Waals surface area (Å²) in [6, 6.07) is 5.26. The minimum Gasteiger partial charge on any atom is -0.478 e. The first-order chi connectivity index (χ1) is 12.3. The Morgan fingerprint density at radius 1 is 1.27 bits per heavy atom. The molecule has 0 fully saturated rings. The molecule has 0 aromatic carbocycles. The largest absolute Gasteiger partial charge is 0.478 e. The molecule has 0 aliphatic heterocycles. The molecule has 0 saturated carbocycles. The van der Waals surface area contributed by atoms with Gasteiger partial charge in [-0.1, -0.05) is 6.07 Å². The third kappa shape index (κ3) is 3.70. The van der Waals surface area contributed by atoms with E-state index in [2.05, 4.69) is 4.98 Å². The summed E-state index contributed by atoms with van der Waals surface area (Å²) in [5.74, 6) is 0.650. The molecule has 0 atom stereocenters. The van der Waals surface area contributed by atoms with Gasteiger partial charge in [-0.3, -0.25) is 4.79 Å². The zero-order chi connectivity index (χ0) is 18.8. The molecule has 0 aliphatic rings. The number of likely N-dealkylation sites (N-methyl/N-ethyl adjacent to an activating group) is 1. The maximum Gasteiger partial charge on any atom is 0.339 e. The van der Waals surface area contributed by atoms with E-state index < -0.39 is 5.97 Å². The second kappa shape index (κ2) is 7.17. The molecule has 0 aliphatic carbocycles. The van der Waals surface area contributed by atoms with Crippen molar-refractivity contribution in [3.8, 4) is 10.8 Å². The van der Waals surface area contributed by atoms with Gasteiger partial charge < -0.3 is 18.8 Å². The maximum atomic E-state index is 12.5. The molecule has 1 amide bonds. The minimum absolute atomic E-state index is 0.0999. The predicted molar refractivity (Wildman–Crippen MR) is 95.1 cm³/mol. The van der Waals surface area contributed by atoms with E-state index >= 15 is 0 Å². The number of carbonyl (C=O) groups excluding carboxylic acids is 1. The van der Waals surface area contributed by atoms with Gasteiger partial charge in [-0.15, -0.1) is 11.3 Å². The number of carboxylic acids is 1. The van der Waals surface area contributed by atoms with E-state index in [1.807, 2.05) is 17.5 Å². The smallest absolute Gasteiger partial charge is 0.339 e. The van der Waals surface area contributed by atoms with E-state index in [-0.39, 0.29) is 24.4 Å². The van der Waals surface area contributed by atoms with Gasteiger partial charge >= 0.3 is 5.97 Å². The van der Waals surface area contributed by atoms with E-state index in [1.165, 1.54) is 22.3 Å². The Balaban J connectivity index is 1.68. The normalized spacial score (nSPS) is 10.9. The molecule has 136 valence electrons. The number of carboxylic acid groups (broad SMARTS) is 1. The van der Waals surface area contributed by atoms with Gasteiger partial charge in [0, 0.05) is 7.05 Å². The lowest BCUT2D eigenvalue weighted by atomic mass is 10.2. The fourth-order valence-corrected chi connectivity index (χ4v) is 3.18. The van der Waals surface area contributed by atoms with Crippen LogP contribution >= 0.6 is 11.3 Å². The van der Waals surface area contributed by atoms with Crippen molar-refractivity contribution in [2.24, 2.45) is 0 Å². The van der Waals surface area contributed by atoms with E-state index in [4.69, 9.17) is 13.9 Å². The lowest BCUT2D eigenvalue weighted by Gasteiger charge is -2.15. The number of amides is 1. The summed E-state index contributed by atoms with van der Waals surface area (Å²) in [7, 11) is 1.64. The summed E-state index contributed by atoms with van der Waals surface area (Å²) in [5, 5.41) is 11.0. The molecule has 3 aromatic heterocycles. The van der Waals surface area contributed by atoms with Crippen LogP contribution in [0.5, 0.6) is 0 Å². The van der Waals surface area contributed by atoms with E-state index in [0.29, 0.717) is 28.9 Å². The average molecular weight is 374 g/mol. The molecule has 3 heterocycles. The van der Waals surface area contributed by atoms with Crippen LogP contribution < -0.4 is 0 Å². The first-order valence-electron chi connectivity index (χ1n) is 7.92. The van der Waals surface area contributed by atoms with Gasteiger partial charge in [0.15, 0.2) is 0 Å². The highest BCUT2D eigenvalue weighted by atomic mass is 32.1. The maximum absolute atomic E-state index is 12.5. The van der Waals surface area contributed by atoms with Crippen LogP contribution in [-0.4, -0.2) is 33.9 Å². The van der Waals surface area contributed by atoms with Crippen molar-refractivity contribution in [1.82, 2.24) is 9.88 Å². The minimum atomic E-state index is -1.05. The van der Waals surface area contributed by atoms with E-state index in [1.54, 1.807) is 20.9 Å². The molecule has 0 spiro atoms. The summed E-state index contributed by atoms with van der Waals surface area (Å²) in [6.07, 6.45) is 0.0999. The highest BCUT2D eigenvalue weighted by Gasteiger charge is 2.20. The molecular weight excluding hydrogens is 356 g/mol. The van der Waals surface area contributed by atoms with Crippen LogP contribution in [0.4, 0.5) is 0 Å². The zero-order valence-corrected chi connectivity index (χ0v) is 15.4. The summed E-state index contributed by atoms with van der Waals surface area (Å²) < 4.78 is 11.1. The van der Waals surface area contributed by atoms with Gasteiger partial charge in [0.1, 0.15) is 22.8 Å². The predicted octanol–water partition coefficient (Wildman–Crippen LogP) is 3.51. The number of oxazole rings is 1. The standard InChI is InChI=1S/C18H18N2O5S/c1-10-13(18(22)23)7-12(24-10)9-20(3)16(21)8-14-11(2)25-17(19-14)15-5-4-6-26-15/h4-7H,8-9H2,1-3H3,(H,22,23). The van der Waals surface area contributed by atoms with Crippen LogP contribution in [0, 0.1) is 13.8 Å². The molecule has 3 rings (SSSR count). The Kier molecular flexibility index (Phi) is 4.94. The molecule has 7 nitrogen and oxygen atoms in total. The van der Waals surface area contributed by atoms with Gasteiger partial charge in [-0.05, 0) is 31.4 Å². The highest BCUT2D eigenvalue weighted by molar-refractivity contribution is 7.13. The van der Waals surface area contributed by atoms with Crippen LogP contribution in [0.3, 0.4) is 0 Å². The van der Waals surface area contributed by atoms with Gasteiger partial charge in [0.05, 0.1) is 23.5 Å². The Labute approximate surface area is 153 Å². The van der Waals surface area contributed by atoms with E-state index in [9.17, 15) is 9.59 Å². The van der Waals surface area contributed by atoms with Crippen molar-refractivity contribution >= 4 is 23.2 Å². The number of nitrogens with zero attached hydrogens (tertiary/aromatic N) is 2. The number of carbonyl (C=O) groups is 2. The quantitative estimate of drug-likeness (QED) is 0.709. The zero-order valence-electron chi connectivity index (χ0n) is 14.6. The summed E-state index contributed by atoms with van der Waals surface area (Å²) in [5.41, 5.74) is 0.695. The molecule has 1 N–H and O–H groups in total. The van der Waals surface area contributed by atoms with Crippen molar-refractivity contribution in [2.45, 2.75) is 26.8 Å². The molecule has 8 heteroatoms. The molecule has 3 aromatic rings. The number of aryl methyl sites for hydroxylation is 2. The number of thiophene rings is 1. The molecule has 26 heavy (non-hydrogen) atoms. The average Bonchev–Trinajstić information content (AvgIpc) is 3.28. The SMILES string of the molecule is Cc1oc(CN(C)C(=O)Cc2nc(-c3cccs3)oc2C)cc1C(=O)O. The fraction of sp³-hybridized carbons (Fsp3) is 0.278. The summed E-state index contributed by atoms with van der Waals surface area (Å²) in [6.45, 7) is 3.54. The summed E-state index contributed by atoms with van der Waals surface area (Å²) >= 11 is 1.52. The fourth-order valence-electron chi connectivity index (χ4n) is 2.53. The van der Waals surface area contributed by atoms with Crippen molar-refractivity contribution < 1.29 is 23.5 Å². The van der Waals surface area contributed by atoms with Crippen LogP contribution in [-0.2, 0) is 17.8 Å². The van der Waals surface area contributed by atoms with E-state index in [0.717, 1.165) is 4.88 Å². The third-order valence-electron chi connectivity index (χ3n) is 3.96. The van der Waals surface area contributed by atoms with Gasteiger partial charge in [0.25, 0.3) is 0 Å². The van der Waals surface area contributed by atoms with Gasteiger partial charge in [0.2, 0.25) is 11.8 Å². The Morgan fingerprint density at radius 3 is 2.65 bits per heavy atom. The van der Waals surface area contributed by atoms with Crippen molar-refractivity contribution in [2.75, 3.05) is 7.05 Å². The molecular formula is C18H18N2O5S. The van der Waals surface area contributed by atoms with Crippen molar-refractivity contribution in [3.05, 3.63) is 52.1 Å². The molecule has 0 saturated heterocycles. The summed E-state index contributed by atoms with van der Waals surface area (Å²) in [4.78, 5) is 30.4. The molecule has 0 bridgehead atoms. The topological polar surface area (TPSA) is 96.8 Å². The van der Waals surface area contributed by atoms with Crippen LogP contribution in [0.1, 0.15) is 33.3 Å². The molecule has 0 radical (unpaired) electrons. The number of hydrogen-bond acceptors (Lipinski definition) is 6. The number of hydrogen-bond donors (Lipinski definition) is 1. The number of furan rings is 1. The highest BCUT2D eigenvalue weighted by Crippen LogP contribution is 2.26. The Morgan fingerprint density at radius 2 is 2.04 bits per heavy atom. The van der Waals surface area contributed by atoms with Crippen LogP contribution in [0.15, 0.2) is 32.4 Å². The van der Waals surface area contributed by atoms with Crippen LogP contribution in [0.2, 0.25) is 0 Å². The number of aromatic carboxylic acids is 1. The Hall–Kier alpha value is -2.87. The van der Waals surface area contributed by atoms with Crippen LogP contribution in [0.25, 0.3) is 10.8 Å².